The second-order valence-corrected chi connectivity index (χ2v) is 6.78. The lowest BCUT2D eigenvalue weighted by atomic mass is 10.0. The van der Waals surface area contributed by atoms with Gasteiger partial charge in [-0.2, -0.15) is 0 Å². The molecule has 0 bridgehead atoms. The van der Waals surface area contributed by atoms with Gasteiger partial charge in [0.25, 0.3) is 0 Å². The number of anilines is 1. The Hall–Kier alpha value is -2.77. The van der Waals surface area contributed by atoms with Crippen LogP contribution in [0.25, 0.3) is 27.2 Å². The molecule has 7 heteroatoms. The van der Waals surface area contributed by atoms with Crippen LogP contribution in [0.2, 0.25) is 0 Å². The number of rotatable bonds is 5. The Balaban J connectivity index is 1.81. The number of benzene rings is 1. The van der Waals surface area contributed by atoms with Crippen molar-refractivity contribution < 1.29 is 0 Å². The van der Waals surface area contributed by atoms with Crippen LogP contribution in [0.4, 0.5) is 5.13 Å². The summed E-state index contributed by atoms with van der Waals surface area (Å²) >= 11 is 1.58. The molecule has 0 aliphatic carbocycles. The van der Waals surface area contributed by atoms with E-state index in [1.165, 1.54) is 0 Å². The lowest BCUT2D eigenvalue weighted by Crippen LogP contribution is -2.31. The molecular formula is C18H18N6S. The van der Waals surface area contributed by atoms with Crippen LogP contribution in [-0.2, 0) is 0 Å². The number of thiazole rings is 1. The van der Waals surface area contributed by atoms with Crippen molar-refractivity contribution in [2.24, 2.45) is 5.84 Å². The molecule has 25 heavy (non-hydrogen) atoms. The van der Waals surface area contributed by atoms with E-state index < -0.39 is 0 Å². The van der Waals surface area contributed by atoms with E-state index in [-0.39, 0.29) is 0 Å². The Labute approximate surface area is 149 Å². The Bertz CT molecular complexity index is 991. The van der Waals surface area contributed by atoms with Crippen LogP contribution in [0.3, 0.4) is 0 Å². The van der Waals surface area contributed by atoms with Crippen LogP contribution in [0, 0.1) is 0 Å². The summed E-state index contributed by atoms with van der Waals surface area (Å²) in [4.78, 5) is 5.52. The van der Waals surface area contributed by atoms with E-state index in [0.29, 0.717) is 0 Å². The second-order valence-electron chi connectivity index (χ2n) is 5.77. The first-order chi connectivity index (χ1) is 12.3. The number of hydrogen-bond acceptors (Lipinski definition) is 6. The molecule has 4 rings (SSSR count). The van der Waals surface area contributed by atoms with Crippen molar-refractivity contribution in [3.05, 3.63) is 55.1 Å². The minimum absolute atomic E-state index is 0.784. The molecule has 0 saturated carbocycles. The molecule has 0 spiro atoms. The van der Waals surface area contributed by atoms with E-state index in [1.807, 2.05) is 35.0 Å². The minimum atomic E-state index is 0.784. The van der Waals surface area contributed by atoms with Crippen LogP contribution in [0.5, 0.6) is 0 Å². The van der Waals surface area contributed by atoms with E-state index in [1.54, 1.807) is 22.7 Å². The lowest BCUT2D eigenvalue weighted by molar-refractivity contribution is 0.801. The van der Waals surface area contributed by atoms with Crippen molar-refractivity contribution in [2.75, 3.05) is 11.6 Å². The van der Waals surface area contributed by atoms with Crippen molar-refractivity contribution in [1.82, 2.24) is 19.6 Å². The van der Waals surface area contributed by atoms with E-state index in [0.717, 1.165) is 45.3 Å². The normalized spacial score (nSPS) is 11.1. The Morgan fingerprint density at radius 2 is 2.04 bits per heavy atom. The molecule has 0 radical (unpaired) electrons. The molecule has 0 unspecified atom stereocenters. The Kier molecular flexibility index (Phi) is 4.17. The van der Waals surface area contributed by atoms with Gasteiger partial charge < -0.3 is 0 Å². The summed E-state index contributed by atoms with van der Waals surface area (Å²) in [5.41, 5.74) is 4.06. The van der Waals surface area contributed by atoms with Gasteiger partial charge >= 0.3 is 0 Å². The van der Waals surface area contributed by atoms with Crippen LogP contribution < -0.4 is 10.9 Å². The second kappa shape index (κ2) is 6.62. The molecule has 0 saturated heterocycles. The lowest BCUT2D eigenvalue weighted by Gasteiger charge is -2.12. The predicted molar refractivity (Wildman–Crippen MR) is 101 cm³/mol. The number of hydrogen-bond donors (Lipinski definition) is 1. The van der Waals surface area contributed by atoms with Gasteiger partial charge in [0.1, 0.15) is 6.33 Å². The smallest absolute Gasteiger partial charge is 0.200 e. The monoisotopic (exact) mass is 350 g/mol. The van der Waals surface area contributed by atoms with E-state index >= 15 is 0 Å². The van der Waals surface area contributed by atoms with Crippen LogP contribution >= 0.6 is 11.3 Å². The summed E-state index contributed by atoms with van der Waals surface area (Å²) in [5.74, 6) is 6.05. The number of nitrogens with zero attached hydrogens (tertiary/aromatic N) is 5. The molecule has 0 amide bonds. The highest BCUT2D eigenvalue weighted by atomic mass is 32.1. The summed E-state index contributed by atoms with van der Waals surface area (Å²) in [6.07, 6.45) is 6.60. The zero-order chi connectivity index (χ0) is 17.2. The molecule has 2 N–H and O–H groups in total. The summed E-state index contributed by atoms with van der Waals surface area (Å²) in [6, 6.07) is 12.3. The molecule has 3 aromatic heterocycles. The maximum absolute atomic E-state index is 6.05. The molecule has 0 fully saturated rings. The van der Waals surface area contributed by atoms with E-state index in [2.05, 4.69) is 40.3 Å². The summed E-state index contributed by atoms with van der Waals surface area (Å²) < 4.78 is 1.95. The molecule has 6 nitrogen and oxygen atoms in total. The Morgan fingerprint density at radius 3 is 2.84 bits per heavy atom. The SMILES string of the molecule is CCCN(N)c1ncc(-c2cc(-c3ccccc3)c3nncn3c2)s1. The quantitative estimate of drug-likeness (QED) is 0.440. The van der Waals surface area contributed by atoms with E-state index in [9.17, 15) is 0 Å². The van der Waals surface area contributed by atoms with Crippen molar-refractivity contribution in [2.45, 2.75) is 13.3 Å². The van der Waals surface area contributed by atoms with Crippen molar-refractivity contribution in [3.63, 3.8) is 0 Å². The van der Waals surface area contributed by atoms with Crippen LogP contribution in [0.1, 0.15) is 13.3 Å². The van der Waals surface area contributed by atoms with Gasteiger partial charge in [0.05, 0.1) is 4.88 Å². The minimum Gasteiger partial charge on any atom is -0.288 e. The first kappa shape index (κ1) is 15.7. The number of hydrazine groups is 1. The maximum atomic E-state index is 6.05. The van der Waals surface area contributed by atoms with Gasteiger partial charge in [-0.3, -0.25) is 9.41 Å². The number of pyridine rings is 1. The largest absolute Gasteiger partial charge is 0.288 e. The first-order valence-corrected chi connectivity index (χ1v) is 8.95. The third kappa shape index (κ3) is 2.99. The van der Waals surface area contributed by atoms with Gasteiger partial charge in [0.15, 0.2) is 10.8 Å². The third-order valence-electron chi connectivity index (χ3n) is 3.96. The highest BCUT2D eigenvalue weighted by Gasteiger charge is 2.13. The van der Waals surface area contributed by atoms with Crippen molar-refractivity contribution in [3.8, 4) is 21.6 Å². The molecule has 1 aromatic carbocycles. The standard InChI is InChI=1S/C18H18N6S/c1-2-8-24(19)18-20-10-16(25-18)14-9-15(13-6-4-3-5-7-13)17-22-21-12-23(17)11-14/h3-7,9-12H,2,8,19H2,1H3. The molecule has 0 aliphatic rings. The fraction of sp³-hybridized carbons (Fsp3) is 0.167. The molecule has 0 aliphatic heterocycles. The highest BCUT2D eigenvalue weighted by Crippen LogP contribution is 2.34. The van der Waals surface area contributed by atoms with Crippen LogP contribution in [0.15, 0.2) is 55.1 Å². The summed E-state index contributed by atoms with van der Waals surface area (Å²) in [7, 11) is 0. The van der Waals surface area contributed by atoms with Gasteiger partial charge in [0.2, 0.25) is 0 Å². The fourth-order valence-corrected chi connectivity index (χ4v) is 3.62. The molecule has 126 valence electrons. The third-order valence-corrected chi connectivity index (χ3v) is 5.05. The molecule has 0 atom stereocenters. The Morgan fingerprint density at radius 1 is 1.20 bits per heavy atom. The van der Waals surface area contributed by atoms with E-state index in [4.69, 9.17) is 5.84 Å². The van der Waals surface area contributed by atoms with Crippen molar-refractivity contribution >= 4 is 22.1 Å². The zero-order valence-corrected chi connectivity index (χ0v) is 14.6. The summed E-state index contributed by atoms with van der Waals surface area (Å²) in [5, 5.41) is 10.8. The first-order valence-electron chi connectivity index (χ1n) is 8.13. The van der Waals surface area contributed by atoms with Crippen LogP contribution in [-0.4, -0.2) is 26.1 Å². The van der Waals surface area contributed by atoms with Crippen molar-refractivity contribution in [1.29, 1.82) is 0 Å². The fourth-order valence-electron chi connectivity index (χ4n) is 2.77. The summed E-state index contributed by atoms with van der Waals surface area (Å²) in [6.45, 7) is 2.88. The maximum Gasteiger partial charge on any atom is 0.200 e. The number of nitrogens with two attached hydrogens (primary N) is 1. The van der Waals surface area contributed by atoms with Gasteiger partial charge in [0, 0.05) is 30.1 Å². The zero-order valence-electron chi connectivity index (χ0n) is 13.8. The topological polar surface area (TPSA) is 72.3 Å². The molecule has 3 heterocycles. The van der Waals surface area contributed by atoms with Gasteiger partial charge in [-0.1, -0.05) is 48.6 Å². The van der Waals surface area contributed by atoms with Gasteiger partial charge in [-0.05, 0) is 18.1 Å². The molecule has 4 aromatic rings. The van der Waals surface area contributed by atoms with Gasteiger partial charge in [-0.15, -0.1) is 10.2 Å². The van der Waals surface area contributed by atoms with Gasteiger partial charge in [-0.25, -0.2) is 10.8 Å². The number of fused-ring (bicyclic) bond motifs is 1. The average molecular weight is 350 g/mol. The number of aromatic nitrogens is 4. The highest BCUT2D eigenvalue weighted by molar-refractivity contribution is 7.18. The average Bonchev–Trinajstić information content (AvgIpc) is 3.31. The molecular weight excluding hydrogens is 332 g/mol. The predicted octanol–water partition coefficient (Wildman–Crippen LogP) is 3.61.